The summed E-state index contributed by atoms with van der Waals surface area (Å²) < 4.78 is 10.6. The molecule has 1 fully saturated rings. The van der Waals surface area contributed by atoms with Gasteiger partial charge >= 0.3 is 0 Å². The van der Waals surface area contributed by atoms with E-state index in [9.17, 15) is 4.79 Å². The zero-order valence-electron chi connectivity index (χ0n) is 15.5. The second-order valence-corrected chi connectivity index (χ2v) is 7.00. The molecule has 1 aromatic rings. The topological polar surface area (TPSA) is 54.0 Å². The van der Waals surface area contributed by atoms with Gasteiger partial charge in [0.05, 0.1) is 0 Å². The van der Waals surface area contributed by atoms with Crippen molar-refractivity contribution in [2.75, 3.05) is 38.8 Å². The maximum atomic E-state index is 12.2. The molecule has 0 unspecified atom stereocenters. The molecule has 2 atom stereocenters. The van der Waals surface area contributed by atoms with Gasteiger partial charge in [0.15, 0.2) is 11.5 Å². The molecule has 138 valence electrons. The summed E-state index contributed by atoms with van der Waals surface area (Å²) in [5.74, 6) is 1.45. The summed E-state index contributed by atoms with van der Waals surface area (Å²) in [5.41, 5.74) is 0.752. The Labute approximate surface area is 150 Å². The van der Waals surface area contributed by atoms with Crippen LogP contribution in [0.4, 0.5) is 5.69 Å². The fourth-order valence-corrected chi connectivity index (χ4v) is 3.72. The number of nitrogens with one attached hydrogen (secondary N) is 1. The quantitative estimate of drug-likeness (QED) is 0.857. The number of rotatable bonds is 6. The maximum absolute atomic E-state index is 12.2. The SMILES string of the molecule is CCN1CC[C@@H](N(C)CCC(=O)Nc2ccc3c(c2)OCO3)C[C@@H]1C. The van der Waals surface area contributed by atoms with Gasteiger partial charge in [0, 0.05) is 36.8 Å². The minimum atomic E-state index is 0.0322. The zero-order chi connectivity index (χ0) is 17.8. The van der Waals surface area contributed by atoms with Gasteiger partial charge in [-0.2, -0.15) is 0 Å². The average molecular weight is 347 g/mol. The largest absolute Gasteiger partial charge is 0.454 e. The van der Waals surface area contributed by atoms with Crippen molar-refractivity contribution in [3.63, 3.8) is 0 Å². The van der Waals surface area contributed by atoms with Gasteiger partial charge in [0.1, 0.15) is 0 Å². The van der Waals surface area contributed by atoms with Crippen LogP contribution in [0.25, 0.3) is 0 Å². The second kappa shape index (κ2) is 8.06. The molecule has 1 amide bonds. The predicted molar refractivity (Wildman–Crippen MR) is 98.2 cm³/mol. The minimum Gasteiger partial charge on any atom is -0.454 e. The van der Waals surface area contributed by atoms with Crippen molar-refractivity contribution >= 4 is 11.6 Å². The van der Waals surface area contributed by atoms with Crippen LogP contribution in [0.15, 0.2) is 18.2 Å². The van der Waals surface area contributed by atoms with Crippen LogP contribution < -0.4 is 14.8 Å². The van der Waals surface area contributed by atoms with Crippen molar-refractivity contribution in [2.45, 2.75) is 45.2 Å². The van der Waals surface area contributed by atoms with Crippen LogP contribution in [0.3, 0.4) is 0 Å². The van der Waals surface area contributed by atoms with E-state index in [0.29, 0.717) is 24.3 Å². The van der Waals surface area contributed by atoms with E-state index in [1.54, 1.807) is 0 Å². The van der Waals surface area contributed by atoms with Gasteiger partial charge in [-0.25, -0.2) is 0 Å². The van der Waals surface area contributed by atoms with Crippen LogP contribution in [0.5, 0.6) is 11.5 Å². The number of amides is 1. The van der Waals surface area contributed by atoms with Gasteiger partial charge in [0.2, 0.25) is 12.7 Å². The van der Waals surface area contributed by atoms with Crippen molar-refractivity contribution in [2.24, 2.45) is 0 Å². The Morgan fingerprint density at radius 3 is 2.92 bits per heavy atom. The summed E-state index contributed by atoms with van der Waals surface area (Å²) >= 11 is 0. The highest BCUT2D eigenvalue weighted by molar-refractivity contribution is 5.91. The summed E-state index contributed by atoms with van der Waals surface area (Å²) in [6.45, 7) is 7.81. The smallest absolute Gasteiger partial charge is 0.231 e. The molecule has 2 aliphatic rings. The molecule has 2 aliphatic heterocycles. The number of carbonyl (C=O) groups excluding carboxylic acids is 1. The normalized spacial score (nSPS) is 23.0. The number of hydrogen-bond donors (Lipinski definition) is 1. The van der Waals surface area contributed by atoms with E-state index < -0.39 is 0 Å². The highest BCUT2D eigenvalue weighted by atomic mass is 16.7. The molecule has 0 aromatic heterocycles. The summed E-state index contributed by atoms with van der Waals surface area (Å²) in [5, 5.41) is 2.95. The molecule has 1 N–H and O–H groups in total. The van der Waals surface area contributed by atoms with E-state index in [0.717, 1.165) is 31.1 Å². The van der Waals surface area contributed by atoms with Crippen molar-refractivity contribution in [3.8, 4) is 11.5 Å². The number of benzene rings is 1. The number of likely N-dealkylation sites (tertiary alicyclic amines) is 1. The summed E-state index contributed by atoms with van der Waals surface area (Å²) in [4.78, 5) is 17.1. The first-order valence-corrected chi connectivity index (χ1v) is 9.20. The van der Waals surface area contributed by atoms with Crippen molar-refractivity contribution in [3.05, 3.63) is 18.2 Å². The minimum absolute atomic E-state index is 0.0322. The fourth-order valence-electron chi connectivity index (χ4n) is 3.72. The number of hydrogen-bond acceptors (Lipinski definition) is 5. The van der Waals surface area contributed by atoms with Crippen LogP contribution >= 0.6 is 0 Å². The number of piperidine rings is 1. The number of nitrogens with zero attached hydrogens (tertiary/aromatic N) is 2. The van der Waals surface area contributed by atoms with Gasteiger partial charge in [0.25, 0.3) is 0 Å². The van der Waals surface area contributed by atoms with Gasteiger partial charge in [-0.3, -0.25) is 4.79 Å². The third kappa shape index (κ3) is 4.44. The second-order valence-electron chi connectivity index (χ2n) is 7.00. The Morgan fingerprint density at radius 2 is 2.16 bits per heavy atom. The molecule has 1 aromatic carbocycles. The van der Waals surface area contributed by atoms with Crippen LogP contribution in [-0.2, 0) is 4.79 Å². The average Bonchev–Trinajstić information content (AvgIpc) is 3.07. The molecule has 25 heavy (non-hydrogen) atoms. The molecule has 6 heteroatoms. The molecule has 1 saturated heterocycles. The van der Waals surface area contributed by atoms with Gasteiger partial charge in [-0.15, -0.1) is 0 Å². The standard InChI is InChI=1S/C19H29N3O3/c1-4-22-10-7-16(11-14(22)2)21(3)9-8-19(23)20-15-5-6-17-18(12-15)25-13-24-17/h5-6,12,14,16H,4,7-11,13H2,1-3H3,(H,20,23)/t14-,16+/m0/s1. The number of fused-ring (bicyclic) bond motifs is 1. The van der Waals surface area contributed by atoms with Crippen molar-refractivity contribution < 1.29 is 14.3 Å². The molecule has 0 bridgehead atoms. The Bertz CT molecular complexity index is 608. The Morgan fingerprint density at radius 1 is 1.36 bits per heavy atom. The highest BCUT2D eigenvalue weighted by Gasteiger charge is 2.26. The van der Waals surface area contributed by atoms with Crippen LogP contribution in [0.1, 0.15) is 33.1 Å². The monoisotopic (exact) mass is 347 g/mol. The first-order valence-electron chi connectivity index (χ1n) is 9.20. The molecule has 0 radical (unpaired) electrons. The van der Waals surface area contributed by atoms with Gasteiger partial charge in [-0.1, -0.05) is 6.92 Å². The third-order valence-corrected chi connectivity index (χ3v) is 5.36. The first-order chi connectivity index (χ1) is 12.1. The maximum Gasteiger partial charge on any atom is 0.231 e. The van der Waals surface area contributed by atoms with Crippen LogP contribution in [0.2, 0.25) is 0 Å². The lowest BCUT2D eigenvalue weighted by atomic mass is 9.97. The lowest BCUT2D eigenvalue weighted by Gasteiger charge is -2.40. The Kier molecular flexibility index (Phi) is 5.81. The molecule has 6 nitrogen and oxygen atoms in total. The van der Waals surface area contributed by atoms with Crippen LogP contribution in [0, 0.1) is 0 Å². The highest BCUT2D eigenvalue weighted by Crippen LogP contribution is 2.34. The van der Waals surface area contributed by atoms with E-state index in [4.69, 9.17) is 9.47 Å². The summed E-state index contributed by atoms with van der Waals surface area (Å²) in [6, 6.07) is 6.67. The van der Waals surface area contributed by atoms with Gasteiger partial charge in [-0.05, 0) is 52.0 Å². The van der Waals surface area contributed by atoms with Crippen molar-refractivity contribution in [1.29, 1.82) is 0 Å². The Balaban J connectivity index is 1.44. The van der Waals surface area contributed by atoms with Crippen LogP contribution in [-0.4, -0.2) is 61.3 Å². The Hall–Kier alpha value is -1.79. The summed E-state index contributed by atoms with van der Waals surface area (Å²) in [7, 11) is 2.13. The molecular formula is C19H29N3O3. The van der Waals surface area contributed by atoms with Gasteiger partial charge < -0.3 is 24.6 Å². The molecular weight excluding hydrogens is 318 g/mol. The lowest BCUT2D eigenvalue weighted by Crippen LogP contribution is -2.48. The molecule has 2 heterocycles. The fraction of sp³-hybridized carbons (Fsp3) is 0.632. The zero-order valence-corrected chi connectivity index (χ0v) is 15.5. The van der Waals surface area contributed by atoms with Crippen molar-refractivity contribution in [1.82, 2.24) is 9.80 Å². The number of ether oxygens (including phenoxy) is 2. The molecule has 3 rings (SSSR count). The van der Waals surface area contributed by atoms with E-state index in [-0.39, 0.29) is 12.7 Å². The third-order valence-electron chi connectivity index (χ3n) is 5.36. The molecule has 0 saturated carbocycles. The first kappa shape index (κ1) is 18.0. The predicted octanol–water partition coefficient (Wildman–Crippen LogP) is 2.55. The number of carbonyl (C=O) groups is 1. The van der Waals surface area contributed by atoms with E-state index in [2.05, 4.69) is 36.0 Å². The lowest BCUT2D eigenvalue weighted by molar-refractivity contribution is -0.116. The van der Waals surface area contributed by atoms with E-state index in [1.807, 2.05) is 18.2 Å². The number of anilines is 1. The molecule has 0 spiro atoms. The summed E-state index contributed by atoms with van der Waals surface area (Å²) in [6.07, 6.45) is 2.85. The molecule has 0 aliphatic carbocycles. The van der Waals surface area contributed by atoms with E-state index in [1.165, 1.54) is 12.8 Å². The van der Waals surface area contributed by atoms with E-state index >= 15 is 0 Å².